The summed E-state index contributed by atoms with van der Waals surface area (Å²) in [6.45, 7) is 0. The van der Waals surface area contributed by atoms with Crippen LogP contribution >= 0.6 is 15.9 Å². The van der Waals surface area contributed by atoms with Crippen LogP contribution < -0.4 is 9.46 Å². The summed E-state index contributed by atoms with van der Waals surface area (Å²) >= 11 is 3.27. The molecule has 0 heterocycles. The van der Waals surface area contributed by atoms with Crippen molar-refractivity contribution in [2.75, 3.05) is 11.8 Å². The highest BCUT2D eigenvalue weighted by molar-refractivity contribution is 9.10. The maximum Gasteiger partial charge on any atom is 0.261 e. The van der Waals surface area contributed by atoms with E-state index >= 15 is 0 Å². The number of nitrogens with one attached hydrogen (secondary N) is 1. The molecule has 20 heavy (non-hydrogen) atoms. The number of ether oxygens (including phenoxy) is 1. The van der Waals surface area contributed by atoms with Crippen LogP contribution in [0.4, 0.5) is 5.69 Å². The number of rotatable bonds is 4. The molecular weight excluding hydrogens is 346 g/mol. The van der Waals surface area contributed by atoms with Crippen LogP contribution in [0.25, 0.3) is 0 Å². The zero-order valence-electron chi connectivity index (χ0n) is 10.5. The maximum atomic E-state index is 12.2. The molecule has 7 heteroatoms. The summed E-state index contributed by atoms with van der Waals surface area (Å²) in [4.78, 5) is 0.0602. The lowest BCUT2D eigenvalue weighted by molar-refractivity contribution is 0.415. The number of phenols is 1. The molecule has 0 aliphatic rings. The molecule has 0 saturated heterocycles. The first kappa shape index (κ1) is 14.7. The highest BCUT2D eigenvalue weighted by Gasteiger charge is 2.16. The Labute approximate surface area is 125 Å². The van der Waals surface area contributed by atoms with Crippen molar-refractivity contribution in [2.45, 2.75) is 4.90 Å². The van der Waals surface area contributed by atoms with Gasteiger partial charge >= 0.3 is 0 Å². The summed E-state index contributed by atoms with van der Waals surface area (Å²) in [5.74, 6) is 0.545. The Bertz CT molecular complexity index is 714. The van der Waals surface area contributed by atoms with Crippen molar-refractivity contribution in [3.8, 4) is 11.5 Å². The van der Waals surface area contributed by atoms with Crippen LogP contribution in [-0.4, -0.2) is 20.6 Å². The predicted octanol–water partition coefficient (Wildman–Crippen LogP) is 2.96. The molecule has 0 fully saturated rings. The average molecular weight is 358 g/mol. The van der Waals surface area contributed by atoms with Gasteiger partial charge in [0.05, 0.1) is 17.7 Å². The molecule has 0 saturated carbocycles. The van der Waals surface area contributed by atoms with Gasteiger partial charge in [-0.1, -0.05) is 0 Å². The Morgan fingerprint density at radius 1 is 1.15 bits per heavy atom. The quantitative estimate of drug-likeness (QED) is 0.881. The summed E-state index contributed by atoms with van der Waals surface area (Å²) in [6.07, 6.45) is 0. The number of aromatic hydroxyl groups is 1. The van der Waals surface area contributed by atoms with E-state index in [1.165, 1.54) is 31.4 Å². The third-order valence-electron chi connectivity index (χ3n) is 2.56. The van der Waals surface area contributed by atoms with Crippen molar-refractivity contribution in [1.29, 1.82) is 0 Å². The third kappa shape index (κ3) is 3.23. The third-order valence-corrected chi connectivity index (χ3v) is 4.64. The van der Waals surface area contributed by atoms with E-state index in [0.717, 1.165) is 0 Å². The van der Waals surface area contributed by atoms with Crippen molar-refractivity contribution in [2.24, 2.45) is 0 Å². The number of benzene rings is 2. The van der Waals surface area contributed by atoms with Crippen molar-refractivity contribution in [3.05, 3.63) is 46.9 Å². The molecule has 0 spiro atoms. The molecule has 0 unspecified atom stereocenters. The number of sulfonamides is 1. The summed E-state index contributed by atoms with van der Waals surface area (Å²) in [6, 6.07) is 10.2. The van der Waals surface area contributed by atoms with Gasteiger partial charge in [0, 0.05) is 10.5 Å². The Morgan fingerprint density at radius 3 is 2.40 bits per heavy atom. The predicted molar refractivity (Wildman–Crippen MR) is 79.6 cm³/mol. The molecule has 2 aromatic rings. The van der Waals surface area contributed by atoms with Crippen LogP contribution in [0.1, 0.15) is 0 Å². The summed E-state index contributed by atoms with van der Waals surface area (Å²) in [7, 11) is -2.22. The zero-order chi connectivity index (χ0) is 14.8. The zero-order valence-corrected chi connectivity index (χ0v) is 12.9. The lowest BCUT2D eigenvalue weighted by Crippen LogP contribution is -2.13. The lowest BCUT2D eigenvalue weighted by atomic mass is 10.3. The molecule has 0 bridgehead atoms. The normalized spacial score (nSPS) is 11.1. The number of methoxy groups -OCH3 is 1. The fourth-order valence-electron chi connectivity index (χ4n) is 1.54. The molecule has 0 aromatic heterocycles. The molecule has 0 radical (unpaired) electrons. The van der Waals surface area contributed by atoms with Gasteiger partial charge in [0.2, 0.25) is 0 Å². The van der Waals surface area contributed by atoms with E-state index < -0.39 is 10.0 Å². The second kappa shape index (κ2) is 5.72. The fourth-order valence-corrected chi connectivity index (χ4v) is 3.09. The van der Waals surface area contributed by atoms with Gasteiger partial charge in [-0.2, -0.15) is 0 Å². The first-order chi connectivity index (χ1) is 9.42. The molecule has 2 N–H and O–H groups in total. The topological polar surface area (TPSA) is 75.6 Å². The number of anilines is 1. The molecule has 0 atom stereocenters. The standard InChI is InChI=1S/C13H12BrNO4S/c1-19-10-4-7-12(14)13(8-10)15-20(17,18)11-5-2-9(16)3-6-11/h2-8,15-16H,1H3. The van der Waals surface area contributed by atoms with E-state index in [2.05, 4.69) is 20.7 Å². The molecule has 0 aliphatic heterocycles. The maximum absolute atomic E-state index is 12.2. The SMILES string of the molecule is COc1ccc(Br)c(NS(=O)(=O)c2ccc(O)cc2)c1. The van der Waals surface area contributed by atoms with Crippen LogP contribution in [-0.2, 0) is 10.0 Å². The van der Waals surface area contributed by atoms with Crippen molar-refractivity contribution < 1.29 is 18.3 Å². The number of phenolic OH excluding ortho intramolecular Hbond substituents is 1. The minimum Gasteiger partial charge on any atom is -0.508 e. The molecule has 5 nitrogen and oxygen atoms in total. The summed E-state index contributed by atoms with van der Waals surface area (Å²) in [5.41, 5.74) is 0.373. The van der Waals surface area contributed by atoms with E-state index in [9.17, 15) is 13.5 Å². The van der Waals surface area contributed by atoms with Crippen LogP contribution in [0.15, 0.2) is 51.8 Å². The van der Waals surface area contributed by atoms with Gasteiger partial charge in [0.1, 0.15) is 11.5 Å². The van der Waals surface area contributed by atoms with Crippen LogP contribution in [0, 0.1) is 0 Å². The van der Waals surface area contributed by atoms with Crippen LogP contribution in [0.3, 0.4) is 0 Å². The Balaban J connectivity index is 2.35. The summed E-state index contributed by atoms with van der Waals surface area (Å²) < 4.78 is 32.5. The Morgan fingerprint density at radius 2 is 1.80 bits per heavy atom. The van der Waals surface area contributed by atoms with Gasteiger partial charge < -0.3 is 9.84 Å². The van der Waals surface area contributed by atoms with Crippen LogP contribution in [0.2, 0.25) is 0 Å². The number of halogens is 1. The lowest BCUT2D eigenvalue weighted by Gasteiger charge is -2.11. The second-order valence-electron chi connectivity index (χ2n) is 3.95. The highest BCUT2D eigenvalue weighted by Crippen LogP contribution is 2.29. The van der Waals surface area contributed by atoms with Gasteiger partial charge in [0.25, 0.3) is 10.0 Å². The van der Waals surface area contributed by atoms with E-state index in [-0.39, 0.29) is 10.6 Å². The first-order valence-corrected chi connectivity index (χ1v) is 7.85. The molecule has 2 rings (SSSR count). The smallest absolute Gasteiger partial charge is 0.261 e. The Hall–Kier alpha value is -1.73. The van der Waals surface area contributed by atoms with Gasteiger partial charge in [-0.15, -0.1) is 0 Å². The largest absolute Gasteiger partial charge is 0.508 e. The van der Waals surface area contributed by atoms with Gasteiger partial charge in [-0.3, -0.25) is 4.72 Å². The van der Waals surface area contributed by atoms with E-state index in [1.54, 1.807) is 18.2 Å². The van der Waals surface area contributed by atoms with Crippen molar-refractivity contribution in [1.82, 2.24) is 0 Å². The minimum absolute atomic E-state index is 0.00603. The Kier molecular flexibility index (Phi) is 4.20. The van der Waals surface area contributed by atoms with E-state index in [0.29, 0.717) is 15.9 Å². The van der Waals surface area contributed by atoms with Crippen LogP contribution in [0.5, 0.6) is 11.5 Å². The van der Waals surface area contributed by atoms with E-state index in [4.69, 9.17) is 4.74 Å². The van der Waals surface area contributed by atoms with Crippen molar-refractivity contribution >= 4 is 31.6 Å². The van der Waals surface area contributed by atoms with Crippen molar-refractivity contribution in [3.63, 3.8) is 0 Å². The second-order valence-corrected chi connectivity index (χ2v) is 6.48. The average Bonchev–Trinajstić information content (AvgIpc) is 2.41. The van der Waals surface area contributed by atoms with Gasteiger partial charge in [-0.05, 0) is 52.3 Å². The highest BCUT2D eigenvalue weighted by atomic mass is 79.9. The summed E-state index contributed by atoms with van der Waals surface area (Å²) in [5, 5.41) is 9.19. The molecule has 106 valence electrons. The molecule has 0 aliphatic carbocycles. The fraction of sp³-hybridized carbons (Fsp3) is 0.0769. The first-order valence-electron chi connectivity index (χ1n) is 5.58. The monoisotopic (exact) mass is 357 g/mol. The number of hydrogen-bond acceptors (Lipinski definition) is 4. The molecular formula is C13H12BrNO4S. The van der Waals surface area contributed by atoms with E-state index in [1.807, 2.05) is 0 Å². The van der Waals surface area contributed by atoms with Gasteiger partial charge in [-0.25, -0.2) is 8.42 Å². The number of hydrogen-bond donors (Lipinski definition) is 2. The molecule has 0 amide bonds. The van der Waals surface area contributed by atoms with Gasteiger partial charge in [0.15, 0.2) is 0 Å². The molecule has 2 aromatic carbocycles. The minimum atomic E-state index is -3.72.